The van der Waals surface area contributed by atoms with E-state index in [0.29, 0.717) is 11.4 Å². The van der Waals surface area contributed by atoms with Crippen LogP contribution >= 0.6 is 11.8 Å². The molecule has 0 saturated carbocycles. The maximum Gasteiger partial charge on any atom is 0.416 e. The quantitative estimate of drug-likeness (QED) is 0.713. The minimum Gasteiger partial charge on any atom is -0.370 e. The van der Waals surface area contributed by atoms with Crippen molar-refractivity contribution in [3.63, 3.8) is 0 Å². The summed E-state index contributed by atoms with van der Waals surface area (Å²) in [4.78, 5) is 27.6. The highest BCUT2D eigenvalue weighted by Gasteiger charge is 2.32. The van der Waals surface area contributed by atoms with Crippen molar-refractivity contribution in [1.29, 1.82) is 0 Å². The molecule has 2 aromatic rings. The standard InChI is InChI=1S/C21H20F3N3O2S/c1-12-19(28)26-16-10-13(4-7-18(16)30-12)20(29)25-15-11-14(21(22,23)24)5-6-17(15)27-8-2-3-9-27/h4-7,10-12H,2-3,8-9H2,1H3,(H,25,29)(H,26,28)/t12-/m0/s1. The number of carbonyl (C=O) groups is 2. The molecule has 4 rings (SSSR count). The van der Waals surface area contributed by atoms with E-state index in [2.05, 4.69) is 10.6 Å². The van der Waals surface area contributed by atoms with Crippen molar-refractivity contribution in [3.05, 3.63) is 47.5 Å². The maximum absolute atomic E-state index is 13.2. The van der Waals surface area contributed by atoms with E-state index in [1.54, 1.807) is 25.1 Å². The molecule has 5 nitrogen and oxygen atoms in total. The van der Waals surface area contributed by atoms with E-state index in [0.717, 1.165) is 43.0 Å². The van der Waals surface area contributed by atoms with Gasteiger partial charge in [0, 0.05) is 23.5 Å². The van der Waals surface area contributed by atoms with Crippen LogP contribution in [-0.2, 0) is 11.0 Å². The topological polar surface area (TPSA) is 61.4 Å². The van der Waals surface area contributed by atoms with Crippen LogP contribution in [0.3, 0.4) is 0 Å². The lowest BCUT2D eigenvalue weighted by Gasteiger charge is -2.23. The highest BCUT2D eigenvalue weighted by molar-refractivity contribution is 8.00. The molecular formula is C21H20F3N3O2S. The van der Waals surface area contributed by atoms with Crippen LogP contribution in [0.15, 0.2) is 41.3 Å². The van der Waals surface area contributed by atoms with E-state index in [1.165, 1.54) is 17.8 Å². The van der Waals surface area contributed by atoms with Gasteiger partial charge in [0.2, 0.25) is 5.91 Å². The Balaban J connectivity index is 1.64. The number of anilines is 3. The molecular weight excluding hydrogens is 415 g/mol. The SMILES string of the molecule is C[C@@H]1Sc2ccc(C(=O)Nc3cc(C(F)(F)F)ccc3N3CCCC3)cc2NC1=O. The summed E-state index contributed by atoms with van der Waals surface area (Å²) in [5.41, 5.74) is 0.670. The van der Waals surface area contributed by atoms with Gasteiger partial charge in [-0.05, 0) is 56.2 Å². The molecule has 30 heavy (non-hydrogen) atoms. The number of nitrogens with zero attached hydrogens (tertiary/aromatic N) is 1. The van der Waals surface area contributed by atoms with Crippen molar-refractivity contribution in [2.24, 2.45) is 0 Å². The van der Waals surface area contributed by atoms with Gasteiger partial charge in [-0.2, -0.15) is 13.2 Å². The van der Waals surface area contributed by atoms with Gasteiger partial charge in [0.25, 0.3) is 5.91 Å². The van der Waals surface area contributed by atoms with E-state index in [1.807, 2.05) is 4.90 Å². The number of halogens is 3. The number of carbonyl (C=O) groups excluding carboxylic acids is 2. The third-order valence-electron chi connectivity index (χ3n) is 5.19. The molecule has 1 fully saturated rings. The smallest absolute Gasteiger partial charge is 0.370 e. The fourth-order valence-corrected chi connectivity index (χ4v) is 4.52. The first kappa shape index (κ1) is 20.6. The summed E-state index contributed by atoms with van der Waals surface area (Å²) in [5.74, 6) is -0.685. The number of amides is 2. The number of fused-ring (bicyclic) bond motifs is 1. The second kappa shape index (κ2) is 7.86. The first-order valence-electron chi connectivity index (χ1n) is 9.61. The number of hydrogen-bond acceptors (Lipinski definition) is 4. The molecule has 2 N–H and O–H groups in total. The number of hydrogen-bond donors (Lipinski definition) is 2. The zero-order valence-electron chi connectivity index (χ0n) is 16.2. The second-order valence-corrected chi connectivity index (χ2v) is 8.72. The van der Waals surface area contributed by atoms with Gasteiger partial charge < -0.3 is 15.5 Å². The Hall–Kier alpha value is -2.68. The Bertz CT molecular complexity index is 1000. The first-order valence-corrected chi connectivity index (χ1v) is 10.5. The highest BCUT2D eigenvalue weighted by Crippen LogP contribution is 2.38. The van der Waals surface area contributed by atoms with E-state index in [-0.39, 0.29) is 22.4 Å². The Kier molecular flexibility index (Phi) is 5.40. The van der Waals surface area contributed by atoms with Gasteiger partial charge in [0.15, 0.2) is 0 Å². The van der Waals surface area contributed by atoms with Gasteiger partial charge in [-0.1, -0.05) is 0 Å². The van der Waals surface area contributed by atoms with E-state index >= 15 is 0 Å². The molecule has 0 spiro atoms. The van der Waals surface area contributed by atoms with E-state index in [4.69, 9.17) is 0 Å². The zero-order chi connectivity index (χ0) is 21.5. The average molecular weight is 435 g/mol. The van der Waals surface area contributed by atoms with Crippen LogP contribution in [-0.4, -0.2) is 30.2 Å². The van der Waals surface area contributed by atoms with Crippen molar-refractivity contribution >= 4 is 40.6 Å². The van der Waals surface area contributed by atoms with Crippen molar-refractivity contribution < 1.29 is 22.8 Å². The summed E-state index contributed by atoms with van der Waals surface area (Å²) in [6.45, 7) is 3.25. The predicted molar refractivity (Wildman–Crippen MR) is 111 cm³/mol. The van der Waals surface area contributed by atoms with Crippen LogP contribution in [0.5, 0.6) is 0 Å². The number of thioether (sulfide) groups is 1. The molecule has 2 heterocycles. The van der Waals surface area contributed by atoms with Crippen LogP contribution in [0.2, 0.25) is 0 Å². The van der Waals surface area contributed by atoms with Crippen molar-refractivity contribution in [2.75, 3.05) is 28.6 Å². The summed E-state index contributed by atoms with van der Waals surface area (Å²) in [7, 11) is 0. The van der Waals surface area contributed by atoms with Gasteiger partial charge in [0.1, 0.15) is 0 Å². The number of rotatable bonds is 3. The average Bonchev–Trinajstić information content (AvgIpc) is 3.22. The van der Waals surface area contributed by atoms with Gasteiger partial charge in [-0.3, -0.25) is 9.59 Å². The molecule has 0 unspecified atom stereocenters. The van der Waals surface area contributed by atoms with E-state index in [9.17, 15) is 22.8 Å². The predicted octanol–water partition coefficient (Wildman–Crippen LogP) is 4.99. The lowest BCUT2D eigenvalue weighted by Crippen LogP contribution is -2.27. The third kappa shape index (κ3) is 4.12. The number of alkyl halides is 3. The molecule has 2 amide bonds. The molecule has 2 aliphatic rings. The van der Waals surface area contributed by atoms with Gasteiger partial charge in [-0.15, -0.1) is 11.8 Å². The molecule has 2 aromatic carbocycles. The van der Waals surface area contributed by atoms with Crippen LogP contribution in [0, 0.1) is 0 Å². The number of benzene rings is 2. The molecule has 9 heteroatoms. The zero-order valence-corrected chi connectivity index (χ0v) is 17.0. The molecule has 0 radical (unpaired) electrons. The lowest BCUT2D eigenvalue weighted by atomic mass is 10.1. The van der Waals surface area contributed by atoms with E-state index < -0.39 is 17.6 Å². The van der Waals surface area contributed by atoms with Crippen LogP contribution in [0.25, 0.3) is 0 Å². The lowest BCUT2D eigenvalue weighted by molar-refractivity contribution is -0.137. The largest absolute Gasteiger partial charge is 0.416 e. The summed E-state index contributed by atoms with van der Waals surface area (Å²) in [5, 5.41) is 5.17. The van der Waals surface area contributed by atoms with Crippen LogP contribution < -0.4 is 15.5 Å². The normalized spacial score (nSPS) is 18.7. The Labute approximate surface area is 176 Å². The summed E-state index contributed by atoms with van der Waals surface area (Å²) < 4.78 is 39.7. The van der Waals surface area contributed by atoms with Crippen molar-refractivity contribution in [3.8, 4) is 0 Å². The van der Waals surface area contributed by atoms with Gasteiger partial charge >= 0.3 is 6.18 Å². The molecule has 1 saturated heterocycles. The molecule has 0 aliphatic carbocycles. The van der Waals surface area contributed by atoms with Gasteiger partial charge in [-0.25, -0.2) is 0 Å². The highest BCUT2D eigenvalue weighted by atomic mass is 32.2. The maximum atomic E-state index is 13.2. The van der Waals surface area contributed by atoms with Gasteiger partial charge in [0.05, 0.1) is 27.9 Å². The van der Waals surface area contributed by atoms with Crippen molar-refractivity contribution in [1.82, 2.24) is 0 Å². The molecule has 0 aromatic heterocycles. The molecule has 1 atom stereocenters. The molecule has 0 bridgehead atoms. The molecule has 2 aliphatic heterocycles. The summed E-state index contributed by atoms with van der Waals surface area (Å²) in [6.07, 6.45) is -2.60. The fraction of sp³-hybridized carbons (Fsp3) is 0.333. The first-order chi connectivity index (χ1) is 14.2. The van der Waals surface area contributed by atoms with Crippen molar-refractivity contribution in [2.45, 2.75) is 36.1 Å². The Morgan fingerprint density at radius 2 is 1.90 bits per heavy atom. The Morgan fingerprint density at radius 3 is 2.60 bits per heavy atom. The minimum absolute atomic E-state index is 0.126. The fourth-order valence-electron chi connectivity index (χ4n) is 3.59. The minimum atomic E-state index is -4.51. The Morgan fingerprint density at radius 1 is 1.17 bits per heavy atom. The third-order valence-corrected chi connectivity index (χ3v) is 6.37. The van der Waals surface area contributed by atoms with Crippen LogP contribution in [0.4, 0.5) is 30.2 Å². The second-order valence-electron chi connectivity index (χ2n) is 7.34. The molecule has 158 valence electrons. The van der Waals surface area contributed by atoms with Crippen LogP contribution in [0.1, 0.15) is 35.7 Å². The monoisotopic (exact) mass is 435 g/mol. The summed E-state index contributed by atoms with van der Waals surface area (Å²) >= 11 is 1.39. The number of nitrogens with one attached hydrogen (secondary N) is 2. The summed E-state index contributed by atoms with van der Waals surface area (Å²) in [6, 6.07) is 8.31.